The summed E-state index contributed by atoms with van der Waals surface area (Å²) in [5.41, 5.74) is -0.718. The van der Waals surface area contributed by atoms with Crippen LogP contribution in [-0.2, 0) is 28.6 Å². The summed E-state index contributed by atoms with van der Waals surface area (Å²) in [5.74, 6) is -2.79. The molecular formula is C19H22O6. The summed E-state index contributed by atoms with van der Waals surface area (Å²) in [5, 5.41) is 0. The maximum Gasteiger partial charge on any atom is 0.334 e. The number of carbonyl (C=O) groups is 3. The number of hydrogen-bond acceptors (Lipinski definition) is 6. The van der Waals surface area contributed by atoms with Gasteiger partial charge in [-0.05, 0) is 25.8 Å². The minimum atomic E-state index is -1.63. The Hall–Kier alpha value is -2.63. The fourth-order valence-electron chi connectivity index (χ4n) is 3.21. The van der Waals surface area contributed by atoms with Crippen LogP contribution in [-0.4, -0.2) is 38.2 Å². The molecule has 1 unspecified atom stereocenters. The standard InChI is InChI=1S/C19H22O6/c1-4-24-17(21)19(18(22)25-5-2)12-11-14(16(20)23-3)15(19)13-9-7-6-8-10-13/h6-11,15H,4-5,12H2,1-3H3. The molecule has 1 aliphatic rings. The highest BCUT2D eigenvalue weighted by molar-refractivity contribution is 6.06. The quantitative estimate of drug-likeness (QED) is 0.447. The van der Waals surface area contributed by atoms with E-state index < -0.39 is 29.2 Å². The van der Waals surface area contributed by atoms with Gasteiger partial charge in [0.05, 0.1) is 20.3 Å². The van der Waals surface area contributed by atoms with Crippen LogP contribution in [0.1, 0.15) is 31.7 Å². The minimum absolute atomic E-state index is 0.0225. The van der Waals surface area contributed by atoms with Crippen molar-refractivity contribution >= 4 is 17.9 Å². The Morgan fingerprint density at radius 1 is 1.04 bits per heavy atom. The third kappa shape index (κ3) is 3.29. The molecule has 6 heteroatoms. The lowest BCUT2D eigenvalue weighted by Crippen LogP contribution is -2.45. The summed E-state index contributed by atoms with van der Waals surface area (Å²) < 4.78 is 15.2. The van der Waals surface area contributed by atoms with E-state index in [0.29, 0.717) is 5.56 Å². The molecule has 1 aliphatic carbocycles. The Balaban J connectivity index is 2.62. The van der Waals surface area contributed by atoms with Gasteiger partial charge < -0.3 is 14.2 Å². The number of methoxy groups -OCH3 is 1. The molecule has 6 nitrogen and oxygen atoms in total. The van der Waals surface area contributed by atoms with Crippen molar-refractivity contribution in [3.05, 3.63) is 47.5 Å². The molecule has 1 aromatic rings. The van der Waals surface area contributed by atoms with Crippen molar-refractivity contribution in [1.29, 1.82) is 0 Å². The number of esters is 3. The van der Waals surface area contributed by atoms with Crippen LogP contribution in [0.2, 0.25) is 0 Å². The number of allylic oxidation sites excluding steroid dienone is 1. The number of rotatable bonds is 6. The highest BCUT2D eigenvalue weighted by Crippen LogP contribution is 2.51. The van der Waals surface area contributed by atoms with E-state index in [4.69, 9.17) is 14.2 Å². The molecule has 0 heterocycles. The summed E-state index contributed by atoms with van der Waals surface area (Å²) >= 11 is 0. The van der Waals surface area contributed by atoms with Crippen molar-refractivity contribution in [2.45, 2.75) is 26.2 Å². The van der Waals surface area contributed by atoms with Crippen LogP contribution in [0.25, 0.3) is 0 Å². The number of hydrogen-bond donors (Lipinski definition) is 0. The summed E-state index contributed by atoms with van der Waals surface area (Å²) in [4.78, 5) is 37.9. The number of carbonyl (C=O) groups excluding carboxylic acids is 3. The van der Waals surface area contributed by atoms with Crippen LogP contribution < -0.4 is 0 Å². The van der Waals surface area contributed by atoms with Gasteiger partial charge in [0.15, 0.2) is 5.41 Å². The third-order valence-corrected chi connectivity index (χ3v) is 4.28. The van der Waals surface area contributed by atoms with Gasteiger partial charge in [0.25, 0.3) is 0 Å². The van der Waals surface area contributed by atoms with Crippen molar-refractivity contribution in [1.82, 2.24) is 0 Å². The molecule has 0 radical (unpaired) electrons. The Labute approximate surface area is 146 Å². The van der Waals surface area contributed by atoms with E-state index in [2.05, 4.69) is 0 Å². The molecular weight excluding hydrogens is 324 g/mol. The molecule has 1 atom stereocenters. The Morgan fingerprint density at radius 2 is 1.60 bits per heavy atom. The lowest BCUT2D eigenvalue weighted by molar-refractivity contribution is -0.172. The second-order valence-electron chi connectivity index (χ2n) is 5.61. The Kier molecular flexibility index (Phi) is 5.96. The fourth-order valence-corrected chi connectivity index (χ4v) is 3.21. The van der Waals surface area contributed by atoms with Gasteiger partial charge in [0, 0.05) is 11.5 Å². The summed E-state index contributed by atoms with van der Waals surface area (Å²) in [6.07, 6.45) is 1.59. The summed E-state index contributed by atoms with van der Waals surface area (Å²) in [6.45, 7) is 3.57. The van der Waals surface area contributed by atoms with Gasteiger partial charge in [0.1, 0.15) is 0 Å². The molecule has 134 valence electrons. The largest absolute Gasteiger partial charge is 0.466 e. The van der Waals surface area contributed by atoms with Crippen molar-refractivity contribution in [2.75, 3.05) is 20.3 Å². The fraction of sp³-hybridized carbons (Fsp3) is 0.421. The molecule has 0 bridgehead atoms. The highest BCUT2D eigenvalue weighted by atomic mass is 16.6. The van der Waals surface area contributed by atoms with Crippen LogP contribution in [0.15, 0.2) is 42.0 Å². The molecule has 2 rings (SSSR count). The third-order valence-electron chi connectivity index (χ3n) is 4.28. The maximum absolute atomic E-state index is 12.8. The van der Waals surface area contributed by atoms with Crippen LogP contribution in [0.4, 0.5) is 0 Å². The summed E-state index contributed by atoms with van der Waals surface area (Å²) in [7, 11) is 1.26. The topological polar surface area (TPSA) is 78.9 Å². The van der Waals surface area contributed by atoms with E-state index in [-0.39, 0.29) is 25.2 Å². The molecule has 25 heavy (non-hydrogen) atoms. The molecule has 0 aromatic heterocycles. The second-order valence-corrected chi connectivity index (χ2v) is 5.61. The first-order chi connectivity index (χ1) is 12.0. The predicted molar refractivity (Wildman–Crippen MR) is 89.6 cm³/mol. The van der Waals surface area contributed by atoms with Gasteiger partial charge in [-0.1, -0.05) is 36.4 Å². The average Bonchev–Trinajstić information content (AvgIpc) is 3.04. The normalized spacial score (nSPS) is 18.2. The van der Waals surface area contributed by atoms with E-state index in [0.717, 1.165) is 0 Å². The SMILES string of the molecule is CCOC(=O)C1(C(=O)OCC)CC=C(C(=O)OC)C1c1ccccc1. The van der Waals surface area contributed by atoms with Gasteiger partial charge in [-0.2, -0.15) is 0 Å². The second kappa shape index (κ2) is 7.96. The molecule has 0 aliphatic heterocycles. The first-order valence-corrected chi connectivity index (χ1v) is 8.20. The molecule has 0 saturated carbocycles. The first kappa shape index (κ1) is 18.7. The lowest BCUT2D eigenvalue weighted by Gasteiger charge is -2.32. The number of ether oxygens (including phenoxy) is 3. The van der Waals surface area contributed by atoms with Crippen LogP contribution in [0, 0.1) is 5.41 Å². The molecule has 0 amide bonds. The highest BCUT2D eigenvalue weighted by Gasteiger charge is 2.60. The molecule has 1 aromatic carbocycles. The van der Waals surface area contributed by atoms with E-state index in [9.17, 15) is 14.4 Å². The zero-order valence-corrected chi connectivity index (χ0v) is 14.6. The van der Waals surface area contributed by atoms with E-state index in [1.54, 1.807) is 44.2 Å². The van der Waals surface area contributed by atoms with Gasteiger partial charge in [-0.15, -0.1) is 0 Å². The van der Waals surface area contributed by atoms with E-state index in [1.165, 1.54) is 7.11 Å². The first-order valence-electron chi connectivity index (χ1n) is 8.20. The van der Waals surface area contributed by atoms with Crippen LogP contribution >= 0.6 is 0 Å². The zero-order valence-electron chi connectivity index (χ0n) is 14.6. The summed E-state index contributed by atoms with van der Waals surface area (Å²) in [6, 6.07) is 8.91. The van der Waals surface area contributed by atoms with Crippen LogP contribution in [0.5, 0.6) is 0 Å². The van der Waals surface area contributed by atoms with Crippen molar-refractivity contribution in [3.8, 4) is 0 Å². The van der Waals surface area contributed by atoms with Gasteiger partial charge in [0.2, 0.25) is 0 Å². The van der Waals surface area contributed by atoms with Gasteiger partial charge >= 0.3 is 17.9 Å². The minimum Gasteiger partial charge on any atom is -0.466 e. The molecule has 0 spiro atoms. The van der Waals surface area contributed by atoms with E-state index in [1.807, 2.05) is 6.07 Å². The van der Waals surface area contributed by atoms with Crippen LogP contribution in [0.3, 0.4) is 0 Å². The zero-order chi connectivity index (χ0) is 18.4. The Morgan fingerprint density at radius 3 is 2.08 bits per heavy atom. The molecule has 0 fully saturated rings. The van der Waals surface area contributed by atoms with Crippen molar-refractivity contribution < 1.29 is 28.6 Å². The molecule has 0 N–H and O–H groups in total. The monoisotopic (exact) mass is 346 g/mol. The van der Waals surface area contributed by atoms with Gasteiger partial charge in [-0.25, -0.2) is 4.79 Å². The lowest BCUT2D eigenvalue weighted by atomic mass is 9.71. The number of benzene rings is 1. The average molecular weight is 346 g/mol. The van der Waals surface area contributed by atoms with Gasteiger partial charge in [-0.3, -0.25) is 9.59 Å². The van der Waals surface area contributed by atoms with Crippen molar-refractivity contribution in [3.63, 3.8) is 0 Å². The van der Waals surface area contributed by atoms with E-state index >= 15 is 0 Å². The molecule has 0 saturated heterocycles. The maximum atomic E-state index is 12.8. The predicted octanol–water partition coefficient (Wildman–Crippen LogP) is 2.39. The van der Waals surface area contributed by atoms with Crippen molar-refractivity contribution in [2.24, 2.45) is 5.41 Å². The smallest absolute Gasteiger partial charge is 0.334 e. The Bertz CT molecular complexity index is 658.